The molecule has 0 heterocycles. The van der Waals surface area contributed by atoms with Gasteiger partial charge in [0.15, 0.2) is 0 Å². The lowest BCUT2D eigenvalue weighted by Gasteiger charge is -2.12. The van der Waals surface area contributed by atoms with Crippen LogP contribution in [0, 0.1) is 0 Å². The minimum absolute atomic E-state index is 0.0248. The molecule has 0 radical (unpaired) electrons. The molecule has 0 bridgehead atoms. The zero-order valence-corrected chi connectivity index (χ0v) is 11.8. The van der Waals surface area contributed by atoms with Gasteiger partial charge in [-0.15, -0.1) is 0 Å². The first-order valence-electron chi connectivity index (χ1n) is 6.69. The summed E-state index contributed by atoms with van der Waals surface area (Å²) < 4.78 is 40.0. The first-order chi connectivity index (χ1) is 9.94. The van der Waals surface area contributed by atoms with E-state index in [-0.39, 0.29) is 19.1 Å². The predicted octanol–water partition coefficient (Wildman–Crippen LogP) is 2.82. The summed E-state index contributed by atoms with van der Waals surface area (Å²) in [5, 5.41) is 5.66. The Bertz CT molecular complexity index is 450. The fourth-order valence-electron chi connectivity index (χ4n) is 1.61. The second kappa shape index (κ2) is 8.51. The lowest BCUT2D eigenvalue weighted by atomic mass is 10.1. The third-order valence-corrected chi connectivity index (χ3v) is 2.53. The van der Waals surface area contributed by atoms with Crippen molar-refractivity contribution in [3.8, 4) is 0 Å². The van der Waals surface area contributed by atoms with Crippen LogP contribution in [0.15, 0.2) is 24.3 Å². The van der Waals surface area contributed by atoms with Crippen molar-refractivity contribution in [1.82, 2.24) is 5.32 Å². The van der Waals surface area contributed by atoms with Crippen LogP contribution in [0.25, 0.3) is 0 Å². The molecule has 0 spiro atoms. The number of amides is 1. The molecule has 0 aliphatic rings. The highest BCUT2D eigenvalue weighted by atomic mass is 19.4. The number of nitrogens with one attached hydrogen (secondary N) is 2. The molecule has 1 aromatic carbocycles. The Kier molecular flexibility index (Phi) is 7.01. The topological polar surface area (TPSA) is 50.4 Å². The van der Waals surface area contributed by atoms with Gasteiger partial charge in [-0.2, -0.15) is 13.2 Å². The molecule has 0 saturated carbocycles. The number of carbonyl (C=O) groups is 1. The zero-order chi connectivity index (χ0) is 15.7. The quantitative estimate of drug-likeness (QED) is 0.726. The summed E-state index contributed by atoms with van der Waals surface area (Å²) >= 11 is 0. The van der Waals surface area contributed by atoms with E-state index in [0.29, 0.717) is 11.3 Å². The van der Waals surface area contributed by atoms with Gasteiger partial charge in [0, 0.05) is 18.8 Å². The van der Waals surface area contributed by atoms with E-state index in [9.17, 15) is 18.0 Å². The van der Waals surface area contributed by atoms with E-state index in [1.165, 1.54) is 0 Å². The molecule has 118 valence electrons. The number of alkyl halides is 3. The molecule has 0 saturated heterocycles. The Morgan fingerprint density at radius 1 is 1.24 bits per heavy atom. The van der Waals surface area contributed by atoms with Crippen LogP contribution in [-0.2, 0) is 4.74 Å². The average molecular weight is 304 g/mol. The highest BCUT2D eigenvalue weighted by molar-refractivity contribution is 5.99. The summed E-state index contributed by atoms with van der Waals surface area (Å²) in [6.45, 7) is 1.27. The van der Waals surface area contributed by atoms with Gasteiger partial charge in [-0.1, -0.05) is 19.1 Å². The second-order valence-electron chi connectivity index (χ2n) is 4.40. The minimum atomic E-state index is -4.35. The molecule has 0 aromatic heterocycles. The maximum absolute atomic E-state index is 12.0. The SMILES string of the molecule is CCCNc1ccccc1C(=O)NCCOCC(F)(F)F. The monoisotopic (exact) mass is 304 g/mol. The molecule has 1 rings (SSSR count). The molecule has 1 amide bonds. The van der Waals surface area contributed by atoms with Gasteiger partial charge in [0.25, 0.3) is 5.91 Å². The molecule has 2 N–H and O–H groups in total. The zero-order valence-electron chi connectivity index (χ0n) is 11.8. The van der Waals surface area contributed by atoms with E-state index >= 15 is 0 Å². The molecule has 4 nitrogen and oxygen atoms in total. The van der Waals surface area contributed by atoms with E-state index in [1.54, 1.807) is 24.3 Å². The van der Waals surface area contributed by atoms with E-state index in [4.69, 9.17) is 0 Å². The fraction of sp³-hybridized carbons (Fsp3) is 0.500. The highest BCUT2D eigenvalue weighted by Gasteiger charge is 2.27. The van der Waals surface area contributed by atoms with Gasteiger partial charge in [-0.05, 0) is 18.6 Å². The van der Waals surface area contributed by atoms with Gasteiger partial charge in [0.2, 0.25) is 0 Å². The van der Waals surface area contributed by atoms with Gasteiger partial charge in [-0.3, -0.25) is 4.79 Å². The van der Waals surface area contributed by atoms with Crippen molar-refractivity contribution in [2.75, 3.05) is 31.6 Å². The lowest BCUT2D eigenvalue weighted by Crippen LogP contribution is -2.29. The van der Waals surface area contributed by atoms with Crippen molar-refractivity contribution in [2.24, 2.45) is 0 Å². The van der Waals surface area contributed by atoms with Gasteiger partial charge < -0.3 is 15.4 Å². The Morgan fingerprint density at radius 3 is 2.62 bits per heavy atom. The molecular weight excluding hydrogens is 285 g/mol. The number of benzene rings is 1. The number of hydrogen-bond acceptors (Lipinski definition) is 3. The Labute approximate surface area is 121 Å². The summed E-state index contributed by atoms with van der Waals surface area (Å²) in [7, 11) is 0. The number of rotatable bonds is 8. The van der Waals surface area contributed by atoms with Crippen molar-refractivity contribution >= 4 is 11.6 Å². The number of ether oxygens (including phenoxy) is 1. The van der Waals surface area contributed by atoms with Gasteiger partial charge in [0.05, 0.1) is 12.2 Å². The number of halogens is 3. The normalized spacial score (nSPS) is 11.2. The Balaban J connectivity index is 2.41. The highest BCUT2D eigenvalue weighted by Crippen LogP contribution is 2.15. The predicted molar refractivity (Wildman–Crippen MR) is 74.4 cm³/mol. The molecule has 1 aromatic rings. The molecule has 0 fully saturated rings. The maximum Gasteiger partial charge on any atom is 0.411 e. The van der Waals surface area contributed by atoms with E-state index in [2.05, 4.69) is 15.4 Å². The third kappa shape index (κ3) is 6.99. The molecule has 0 unspecified atom stereocenters. The van der Waals surface area contributed by atoms with Crippen LogP contribution in [0.2, 0.25) is 0 Å². The summed E-state index contributed by atoms with van der Waals surface area (Å²) in [4.78, 5) is 12.0. The van der Waals surface area contributed by atoms with Crippen LogP contribution in [0.1, 0.15) is 23.7 Å². The molecule has 7 heteroatoms. The largest absolute Gasteiger partial charge is 0.411 e. The van der Waals surface area contributed by atoms with Crippen molar-refractivity contribution in [2.45, 2.75) is 19.5 Å². The molecular formula is C14H19F3N2O2. The standard InChI is InChI=1S/C14H19F3N2O2/c1-2-7-18-12-6-4-3-5-11(12)13(20)19-8-9-21-10-14(15,16)17/h3-6,18H,2,7-10H2,1H3,(H,19,20). The lowest BCUT2D eigenvalue weighted by molar-refractivity contribution is -0.173. The Morgan fingerprint density at radius 2 is 1.95 bits per heavy atom. The Hall–Kier alpha value is -1.76. The third-order valence-electron chi connectivity index (χ3n) is 2.53. The van der Waals surface area contributed by atoms with E-state index in [1.807, 2.05) is 6.92 Å². The van der Waals surface area contributed by atoms with Crippen LogP contribution in [-0.4, -0.2) is 38.4 Å². The first kappa shape index (κ1) is 17.3. The summed E-state index contributed by atoms with van der Waals surface area (Å²) in [5.41, 5.74) is 1.16. The maximum atomic E-state index is 12.0. The van der Waals surface area contributed by atoms with Gasteiger partial charge in [-0.25, -0.2) is 0 Å². The van der Waals surface area contributed by atoms with E-state index < -0.39 is 12.8 Å². The second-order valence-corrected chi connectivity index (χ2v) is 4.40. The smallest absolute Gasteiger partial charge is 0.384 e. The van der Waals surface area contributed by atoms with E-state index in [0.717, 1.165) is 13.0 Å². The van der Waals surface area contributed by atoms with Gasteiger partial charge in [0.1, 0.15) is 6.61 Å². The first-order valence-corrected chi connectivity index (χ1v) is 6.69. The fourth-order valence-corrected chi connectivity index (χ4v) is 1.61. The summed E-state index contributed by atoms with van der Waals surface area (Å²) in [5.74, 6) is -0.343. The van der Waals surface area contributed by atoms with Crippen LogP contribution < -0.4 is 10.6 Å². The van der Waals surface area contributed by atoms with Crippen molar-refractivity contribution in [1.29, 1.82) is 0 Å². The van der Waals surface area contributed by atoms with Crippen molar-refractivity contribution in [3.05, 3.63) is 29.8 Å². The summed E-state index contributed by atoms with van der Waals surface area (Å²) in [6, 6.07) is 6.97. The number of carbonyl (C=O) groups excluding carboxylic acids is 1. The van der Waals surface area contributed by atoms with Crippen LogP contribution in [0.3, 0.4) is 0 Å². The molecule has 0 atom stereocenters. The molecule has 0 aliphatic carbocycles. The average Bonchev–Trinajstić information content (AvgIpc) is 2.43. The minimum Gasteiger partial charge on any atom is -0.384 e. The van der Waals surface area contributed by atoms with Crippen LogP contribution in [0.4, 0.5) is 18.9 Å². The summed E-state index contributed by atoms with van der Waals surface area (Å²) in [6.07, 6.45) is -3.43. The van der Waals surface area contributed by atoms with Crippen LogP contribution >= 0.6 is 0 Å². The van der Waals surface area contributed by atoms with Crippen LogP contribution in [0.5, 0.6) is 0 Å². The van der Waals surface area contributed by atoms with Crippen molar-refractivity contribution < 1.29 is 22.7 Å². The van der Waals surface area contributed by atoms with Crippen molar-refractivity contribution in [3.63, 3.8) is 0 Å². The van der Waals surface area contributed by atoms with Gasteiger partial charge >= 0.3 is 6.18 Å². The number of hydrogen-bond donors (Lipinski definition) is 2. The number of para-hydroxylation sites is 1. The molecule has 21 heavy (non-hydrogen) atoms. The molecule has 0 aliphatic heterocycles. The number of anilines is 1.